The second-order valence-corrected chi connectivity index (χ2v) is 8.71. The molecule has 2 heterocycles. The maximum absolute atomic E-state index is 13.1. The Hall–Kier alpha value is -2.54. The molecule has 1 fully saturated rings. The number of rotatable bonds is 4. The van der Waals surface area contributed by atoms with Crippen LogP contribution in [0.5, 0.6) is 0 Å². The molecule has 4 rings (SSSR count). The molecule has 3 aliphatic rings. The summed E-state index contributed by atoms with van der Waals surface area (Å²) in [6, 6.07) is 6.95. The van der Waals surface area contributed by atoms with Gasteiger partial charge in [-0.3, -0.25) is 14.4 Å². The van der Waals surface area contributed by atoms with Gasteiger partial charge in [-0.1, -0.05) is 31.2 Å². The fraction of sp³-hybridized carbons (Fsp3) is 0.409. The van der Waals surface area contributed by atoms with Crippen LogP contribution in [0.3, 0.4) is 0 Å². The fourth-order valence-corrected chi connectivity index (χ4v) is 5.13. The van der Waals surface area contributed by atoms with E-state index in [2.05, 4.69) is 10.6 Å². The Morgan fingerprint density at radius 1 is 1.21 bits per heavy atom. The number of hydrogen-bond acceptors (Lipinski definition) is 5. The van der Waals surface area contributed by atoms with Gasteiger partial charge in [0.15, 0.2) is 5.78 Å². The van der Waals surface area contributed by atoms with E-state index in [4.69, 9.17) is 0 Å². The summed E-state index contributed by atoms with van der Waals surface area (Å²) < 4.78 is 0. The highest BCUT2D eigenvalue weighted by Gasteiger charge is 2.45. The lowest BCUT2D eigenvalue weighted by Crippen LogP contribution is -2.60. The molecule has 1 aliphatic carbocycles. The van der Waals surface area contributed by atoms with Gasteiger partial charge in [-0.15, -0.1) is 0 Å². The lowest BCUT2D eigenvalue weighted by atomic mass is 9.80. The Bertz CT molecular complexity index is 939. The summed E-state index contributed by atoms with van der Waals surface area (Å²) >= 11 is 1.58. The molecule has 152 valence electrons. The summed E-state index contributed by atoms with van der Waals surface area (Å²) in [4.78, 5) is 39.9. The van der Waals surface area contributed by atoms with E-state index in [0.29, 0.717) is 17.7 Å². The number of likely N-dealkylation sites (N-methyl/N-ethyl adjacent to an activating group) is 1. The highest BCUT2D eigenvalue weighted by atomic mass is 32.2. The lowest BCUT2D eigenvalue weighted by molar-refractivity contribution is -0.126. The number of ketones is 1. The van der Waals surface area contributed by atoms with Crippen LogP contribution in [0.25, 0.3) is 0 Å². The van der Waals surface area contributed by atoms with Crippen molar-refractivity contribution in [2.75, 3.05) is 24.0 Å². The van der Waals surface area contributed by atoms with E-state index < -0.39 is 12.1 Å². The summed E-state index contributed by atoms with van der Waals surface area (Å²) in [6.07, 6.45) is 5.91. The summed E-state index contributed by atoms with van der Waals surface area (Å²) in [5, 5.41) is 6.46. The number of fused-ring (bicyclic) bond motifs is 1. The van der Waals surface area contributed by atoms with Gasteiger partial charge in [0, 0.05) is 29.8 Å². The first-order chi connectivity index (χ1) is 13.9. The Morgan fingerprint density at radius 2 is 1.97 bits per heavy atom. The van der Waals surface area contributed by atoms with Crippen LogP contribution in [-0.2, 0) is 14.4 Å². The summed E-state index contributed by atoms with van der Waals surface area (Å²) in [5.74, 6) is -0.0830. The summed E-state index contributed by atoms with van der Waals surface area (Å²) in [6.45, 7) is 1.98. The Kier molecular flexibility index (Phi) is 5.25. The molecule has 4 atom stereocenters. The SMILES string of the molecule is CSCC1N/C(=C2\CC=CC2=O)C(C(C)C2C(=O)N(C)c3ccccc32)NC1=O. The van der Waals surface area contributed by atoms with Crippen molar-refractivity contribution in [2.45, 2.75) is 31.3 Å². The largest absolute Gasteiger partial charge is 0.374 e. The Labute approximate surface area is 174 Å². The van der Waals surface area contributed by atoms with E-state index in [-0.39, 0.29) is 29.4 Å². The lowest BCUT2D eigenvalue weighted by Gasteiger charge is -2.39. The van der Waals surface area contributed by atoms with Gasteiger partial charge in [0.05, 0.1) is 12.0 Å². The first kappa shape index (κ1) is 19.8. The molecule has 0 radical (unpaired) electrons. The maximum atomic E-state index is 13.1. The number of anilines is 1. The molecule has 4 unspecified atom stereocenters. The number of nitrogens with one attached hydrogen (secondary N) is 2. The normalized spacial score (nSPS) is 29.7. The molecule has 1 saturated heterocycles. The first-order valence-electron chi connectivity index (χ1n) is 9.80. The third kappa shape index (κ3) is 3.27. The second-order valence-electron chi connectivity index (χ2n) is 7.79. The molecule has 0 spiro atoms. The van der Waals surface area contributed by atoms with Crippen molar-refractivity contribution < 1.29 is 14.4 Å². The third-order valence-corrected chi connectivity index (χ3v) is 6.75. The van der Waals surface area contributed by atoms with Gasteiger partial charge in [0.2, 0.25) is 11.8 Å². The molecule has 0 saturated carbocycles. The molecule has 0 aromatic heterocycles. The first-order valence-corrected chi connectivity index (χ1v) is 11.2. The number of para-hydroxylation sites is 1. The van der Waals surface area contributed by atoms with Crippen LogP contribution in [0.4, 0.5) is 5.69 Å². The number of carbonyl (C=O) groups excluding carboxylic acids is 3. The molecule has 1 aromatic carbocycles. The molecule has 7 heteroatoms. The van der Waals surface area contributed by atoms with Gasteiger partial charge in [-0.05, 0) is 36.3 Å². The van der Waals surface area contributed by atoms with Crippen LogP contribution in [0, 0.1) is 5.92 Å². The number of piperazine rings is 1. The number of amides is 2. The molecule has 2 amide bonds. The molecule has 1 aromatic rings. The zero-order valence-corrected chi connectivity index (χ0v) is 17.6. The average Bonchev–Trinajstić information content (AvgIpc) is 3.24. The molecule has 0 bridgehead atoms. The van der Waals surface area contributed by atoms with E-state index in [9.17, 15) is 14.4 Å². The standard InChI is InChI=1S/C22H25N3O3S/c1-12(18-13-7-4-5-9-16(13)25(2)22(18)28)19-20(14-8-6-10-17(14)26)23-15(11-29-3)21(27)24-19/h4-7,9-10,12,15,18-19,23H,8,11H2,1-3H3,(H,24,27)/b20-14+. The minimum Gasteiger partial charge on any atom is -0.374 e. The van der Waals surface area contributed by atoms with Crippen LogP contribution in [-0.4, -0.2) is 48.7 Å². The van der Waals surface area contributed by atoms with E-state index in [0.717, 1.165) is 16.9 Å². The summed E-state index contributed by atoms with van der Waals surface area (Å²) in [7, 11) is 1.78. The highest BCUT2D eigenvalue weighted by Crippen LogP contribution is 2.43. The molecule has 2 N–H and O–H groups in total. The highest BCUT2D eigenvalue weighted by molar-refractivity contribution is 7.98. The number of carbonyl (C=O) groups is 3. The van der Waals surface area contributed by atoms with Crippen molar-refractivity contribution in [3.8, 4) is 0 Å². The molecular formula is C22H25N3O3S. The van der Waals surface area contributed by atoms with Crippen molar-refractivity contribution in [1.82, 2.24) is 10.6 Å². The number of thioether (sulfide) groups is 1. The van der Waals surface area contributed by atoms with Crippen LogP contribution < -0.4 is 15.5 Å². The molecular weight excluding hydrogens is 386 g/mol. The van der Waals surface area contributed by atoms with Crippen molar-refractivity contribution in [3.05, 3.63) is 53.3 Å². The van der Waals surface area contributed by atoms with E-state index in [1.165, 1.54) is 0 Å². The molecule has 2 aliphatic heterocycles. The van der Waals surface area contributed by atoms with Gasteiger partial charge in [-0.25, -0.2) is 0 Å². The van der Waals surface area contributed by atoms with Crippen molar-refractivity contribution in [1.29, 1.82) is 0 Å². The fourth-order valence-electron chi connectivity index (χ4n) is 4.57. The summed E-state index contributed by atoms with van der Waals surface area (Å²) in [5.41, 5.74) is 3.30. The van der Waals surface area contributed by atoms with E-state index >= 15 is 0 Å². The maximum Gasteiger partial charge on any atom is 0.243 e. The van der Waals surface area contributed by atoms with Crippen LogP contribution in [0.15, 0.2) is 47.7 Å². The topological polar surface area (TPSA) is 78.5 Å². The second kappa shape index (κ2) is 7.71. The predicted molar refractivity (Wildman–Crippen MR) is 115 cm³/mol. The average molecular weight is 412 g/mol. The number of allylic oxidation sites excluding steroid dienone is 3. The van der Waals surface area contributed by atoms with Gasteiger partial charge < -0.3 is 15.5 Å². The molecule has 29 heavy (non-hydrogen) atoms. The zero-order valence-electron chi connectivity index (χ0n) is 16.8. The smallest absolute Gasteiger partial charge is 0.243 e. The number of benzene rings is 1. The van der Waals surface area contributed by atoms with Gasteiger partial charge in [0.25, 0.3) is 0 Å². The minimum atomic E-state index is -0.423. The zero-order chi connectivity index (χ0) is 20.7. The van der Waals surface area contributed by atoms with Crippen LogP contribution in [0.2, 0.25) is 0 Å². The number of nitrogens with zero attached hydrogens (tertiary/aromatic N) is 1. The Morgan fingerprint density at radius 3 is 2.66 bits per heavy atom. The van der Waals surface area contributed by atoms with Crippen molar-refractivity contribution in [2.24, 2.45) is 5.92 Å². The number of hydrogen-bond donors (Lipinski definition) is 2. The van der Waals surface area contributed by atoms with Gasteiger partial charge in [0.1, 0.15) is 6.04 Å². The van der Waals surface area contributed by atoms with Gasteiger partial charge in [-0.2, -0.15) is 11.8 Å². The van der Waals surface area contributed by atoms with Crippen molar-refractivity contribution >= 4 is 35.0 Å². The minimum absolute atomic E-state index is 0.0133. The van der Waals surface area contributed by atoms with E-state index in [1.54, 1.807) is 29.8 Å². The van der Waals surface area contributed by atoms with Crippen LogP contribution in [0.1, 0.15) is 24.8 Å². The monoisotopic (exact) mass is 411 g/mol. The third-order valence-electron chi connectivity index (χ3n) is 6.08. The van der Waals surface area contributed by atoms with Crippen LogP contribution >= 0.6 is 11.8 Å². The predicted octanol–water partition coefficient (Wildman–Crippen LogP) is 1.99. The van der Waals surface area contributed by atoms with E-state index in [1.807, 2.05) is 43.5 Å². The Balaban J connectivity index is 1.73. The van der Waals surface area contributed by atoms with Crippen molar-refractivity contribution in [3.63, 3.8) is 0 Å². The molecule has 6 nitrogen and oxygen atoms in total. The van der Waals surface area contributed by atoms with Gasteiger partial charge >= 0.3 is 0 Å². The quantitative estimate of drug-likeness (QED) is 0.741.